The fourth-order valence-corrected chi connectivity index (χ4v) is 4.20. The molecule has 2 unspecified atom stereocenters. The number of nitrogens with one attached hydrogen (secondary N) is 1. The van der Waals surface area contributed by atoms with E-state index in [4.69, 9.17) is 10.5 Å². The third-order valence-electron chi connectivity index (χ3n) is 5.96. The number of aryl methyl sites for hydroxylation is 2. The zero-order chi connectivity index (χ0) is 21.8. The van der Waals surface area contributed by atoms with Crippen LogP contribution in [0.4, 0.5) is 5.82 Å². The lowest BCUT2D eigenvalue weighted by Crippen LogP contribution is -2.26. The molecule has 1 amide bonds. The van der Waals surface area contributed by atoms with Gasteiger partial charge in [0.1, 0.15) is 17.9 Å². The lowest BCUT2D eigenvalue weighted by molar-refractivity contribution is -0.122. The van der Waals surface area contributed by atoms with E-state index < -0.39 is 0 Å². The third kappa shape index (κ3) is 4.71. The second-order valence-electron chi connectivity index (χ2n) is 8.20. The molecule has 164 valence electrons. The fourth-order valence-electron chi connectivity index (χ4n) is 4.20. The number of nitrogens with two attached hydrogens (primary N) is 1. The molecule has 7 nitrogen and oxygen atoms in total. The van der Waals surface area contributed by atoms with E-state index in [1.807, 2.05) is 32.0 Å². The summed E-state index contributed by atoms with van der Waals surface area (Å²) in [7, 11) is 0. The number of nitrogens with zero attached hydrogens (tertiary/aromatic N) is 3. The fraction of sp³-hybridized carbons (Fsp3) is 0.458. The Bertz CT molecular complexity index is 1050. The van der Waals surface area contributed by atoms with E-state index in [1.165, 1.54) is 5.56 Å². The number of hydrogen-bond donors (Lipinski definition) is 2. The Balaban J connectivity index is 1.30. The van der Waals surface area contributed by atoms with Crippen LogP contribution in [0.1, 0.15) is 49.1 Å². The summed E-state index contributed by atoms with van der Waals surface area (Å²) in [5, 5.41) is 3.11. The molecule has 0 radical (unpaired) electrons. The number of nitrogen functional groups attached to an aromatic ring is 1. The van der Waals surface area contributed by atoms with Crippen molar-refractivity contribution in [1.82, 2.24) is 19.9 Å². The molecule has 1 fully saturated rings. The Morgan fingerprint density at radius 2 is 2.10 bits per heavy atom. The molecule has 1 saturated carbocycles. The number of unbranched alkanes of at least 4 members (excludes halogenated alkanes) is 1. The van der Waals surface area contributed by atoms with Gasteiger partial charge in [-0.25, -0.2) is 9.97 Å². The maximum absolute atomic E-state index is 12.4. The molecule has 0 saturated heterocycles. The van der Waals surface area contributed by atoms with Crippen LogP contribution in [0.25, 0.3) is 11.0 Å². The zero-order valence-corrected chi connectivity index (χ0v) is 18.3. The lowest BCUT2D eigenvalue weighted by Gasteiger charge is -2.11. The number of rotatable bonds is 10. The van der Waals surface area contributed by atoms with E-state index >= 15 is 0 Å². The van der Waals surface area contributed by atoms with Gasteiger partial charge < -0.3 is 20.4 Å². The van der Waals surface area contributed by atoms with Crippen molar-refractivity contribution >= 4 is 22.8 Å². The van der Waals surface area contributed by atoms with E-state index in [2.05, 4.69) is 32.0 Å². The quantitative estimate of drug-likeness (QED) is 0.488. The predicted molar refractivity (Wildman–Crippen MR) is 122 cm³/mol. The first-order valence-corrected chi connectivity index (χ1v) is 11.1. The molecule has 3 N–H and O–H groups in total. The number of carbonyl (C=O) groups excluding carboxylic acids is 1. The van der Waals surface area contributed by atoms with Crippen molar-refractivity contribution in [3.63, 3.8) is 0 Å². The molecule has 1 aromatic carbocycles. The van der Waals surface area contributed by atoms with Crippen LogP contribution in [0, 0.1) is 12.8 Å². The Morgan fingerprint density at radius 1 is 1.29 bits per heavy atom. The van der Waals surface area contributed by atoms with Gasteiger partial charge in [0.05, 0.1) is 5.52 Å². The second-order valence-corrected chi connectivity index (χ2v) is 8.20. The van der Waals surface area contributed by atoms with E-state index in [9.17, 15) is 4.79 Å². The molecule has 0 bridgehead atoms. The Hall–Kier alpha value is -2.93. The minimum Gasteiger partial charge on any atom is -0.382 e. The zero-order valence-electron chi connectivity index (χ0n) is 18.3. The van der Waals surface area contributed by atoms with Crippen LogP contribution in [0.5, 0.6) is 0 Å². The number of carbonyl (C=O) groups is 1. The minimum atomic E-state index is 0.121. The normalized spacial score (nSPS) is 17.7. The molecule has 4 rings (SSSR count). The molecule has 3 aromatic rings. The van der Waals surface area contributed by atoms with Gasteiger partial charge in [0.2, 0.25) is 5.91 Å². The Labute approximate surface area is 183 Å². The number of ether oxygens (including phenoxy) is 1. The van der Waals surface area contributed by atoms with Gasteiger partial charge in [0.15, 0.2) is 5.82 Å². The van der Waals surface area contributed by atoms with E-state index in [-0.39, 0.29) is 11.8 Å². The molecule has 2 heterocycles. The van der Waals surface area contributed by atoms with Crippen molar-refractivity contribution < 1.29 is 9.53 Å². The average molecular weight is 422 g/mol. The summed E-state index contributed by atoms with van der Waals surface area (Å²) in [6.45, 7) is 6.56. The first-order chi connectivity index (χ1) is 15.1. The first-order valence-electron chi connectivity index (χ1n) is 11.1. The smallest absolute Gasteiger partial charge is 0.223 e. The summed E-state index contributed by atoms with van der Waals surface area (Å²) >= 11 is 0. The van der Waals surface area contributed by atoms with Crippen LogP contribution in [-0.4, -0.2) is 33.6 Å². The van der Waals surface area contributed by atoms with Crippen molar-refractivity contribution in [2.24, 2.45) is 5.92 Å². The summed E-state index contributed by atoms with van der Waals surface area (Å²) in [5.41, 5.74) is 10.1. The Kier molecular flexibility index (Phi) is 6.51. The van der Waals surface area contributed by atoms with Crippen LogP contribution in [0.3, 0.4) is 0 Å². The van der Waals surface area contributed by atoms with E-state index in [1.54, 1.807) is 6.20 Å². The molecule has 2 atom stereocenters. The molecule has 1 aliphatic rings. The monoisotopic (exact) mass is 421 g/mol. The molecule has 31 heavy (non-hydrogen) atoms. The molecular formula is C24H31N5O2. The topological polar surface area (TPSA) is 95.1 Å². The van der Waals surface area contributed by atoms with Gasteiger partial charge in [-0.15, -0.1) is 0 Å². The van der Waals surface area contributed by atoms with Crippen LogP contribution >= 0.6 is 0 Å². The van der Waals surface area contributed by atoms with Crippen LogP contribution in [0.2, 0.25) is 0 Å². The van der Waals surface area contributed by atoms with Crippen LogP contribution in [-0.2, 0) is 22.7 Å². The number of anilines is 1. The second kappa shape index (κ2) is 9.47. The molecule has 1 aliphatic carbocycles. The predicted octanol–water partition coefficient (Wildman–Crippen LogP) is 3.56. The minimum absolute atomic E-state index is 0.121. The third-order valence-corrected chi connectivity index (χ3v) is 5.96. The number of hydrogen-bond acceptors (Lipinski definition) is 5. The van der Waals surface area contributed by atoms with E-state index in [0.717, 1.165) is 48.2 Å². The summed E-state index contributed by atoms with van der Waals surface area (Å²) < 4.78 is 7.79. The van der Waals surface area contributed by atoms with Gasteiger partial charge in [-0.2, -0.15) is 0 Å². The number of pyridine rings is 1. The lowest BCUT2D eigenvalue weighted by atomic mass is 10.1. The van der Waals surface area contributed by atoms with Crippen molar-refractivity contribution in [3.05, 3.63) is 53.5 Å². The van der Waals surface area contributed by atoms with Gasteiger partial charge in [0, 0.05) is 31.8 Å². The first kappa shape index (κ1) is 21.3. The number of benzene rings is 1. The Morgan fingerprint density at radius 3 is 2.87 bits per heavy atom. The standard InChI is InChI=1S/C24H31N5O2/c1-3-31-15-20-28-21-22(16(2)14-27-23(21)25)29(20)12-8-7-11-26-24(30)19-13-18(19)17-9-5-4-6-10-17/h4-6,9-10,14,18-19H,3,7-8,11-13,15H2,1-2H3,(H2,25,27)(H,26,30). The highest BCUT2D eigenvalue weighted by atomic mass is 16.5. The maximum atomic E-state index is 12.4. The van der Waals surface area contributed by atoms with Gasteiger partial charge in [-0.1, -0.05) is 30.3 Å². The van der Waals surface area contributed by atoms with E-state index in [0.29, 0.717) is 31.5 Å². The summed E-state index contributed by atoms with van der Waals surface area (Å²) in [6, 6.07) is 10.3. The van der Waals surface area contributed by atoms with Crippen molar-refractivity contribution in [2.75, 3.05) is 18.9 Å². The molecule has 7 heteroatoms. The van der Waals surface area contributed by atoms with Gasteiger partial charge in [-0.05, 0) is 50.2 Å². The highest BCUT2D eigenvalue weighted by molar-refractivity contribution is 5.87. The number of amides is 1. The summed E-state index contributed by atoms with van der Waals surface area (Å²) in [5.74, 6) is 1.99. The molecule has 2 aromatic heterocycles. The van der Waals surface area contributed by atoms with Crippen LogP contribution < -0.4 is 11.1 Å². The van der Waals surface area contributed by atoms with Gasteiger partial charge in [-0.3, -0.25) is 4.79 Å². The largest absolute Gasteiger partial charge is 0.382 e. The van der Waals surface area contributed by atoms with Crippen molar-refractivity contribution in [3.8, 4) is 0 Å². The highest BCUT2D eigenvalue weighted by Crippen LogP contribution is 2.47. The van der Waals surface area contributed by atoms with Gasteiger partial charge >= 0.3 is 0 Å². The molecular weight excluding hydrogens is 390 g/mol. The average Bonchev–Trinajstić information content (AvgIpc) is 3.50. The molecule has 0 aliphatic heterocycles. The maximum Gasteiger partial charge on any atom is 0.223 e. The SMILES string of the molecule is CCOCc1nc2c(N)ncc(C)c2n1CCCCNC(=O)C1CC1c1ccccc1. The number of imidazole rings is 1. The van der Waals surface area contributed by atoms with Gasteiger partial charge in [0.25, 0.3) is 0 Å². The molecule has 0 spiro atoms. The number of aromatic nitrogens is 3. The van der Waals surface area contributed by atoms with Crippen molar-refractivity contribution in [2.45, 2.75) is 52.2 Å². The summed E-state index contributed by atoms with van der Waals surface area (Å²) in [4.78, 5) is 21.4. The summed E-state index contributed by atoms with van der Waals surface area (Å²) in [6.07, 6.45) is 4.58. The highest BCUT2D eigenvalue weighted by Gasteiger charge is 2.43. The van der Waals surface area contributed by atoms with Crippen molar-refractivity contribution in [1.29, 1.82) is 0 Å². The van der Waals surface area contributed by atoms with Crippen LogP contribution in [0.15, 0.2) is 36.5 Å². The number of fused-ring (bicyclic) bond motifs is 1.